The van der Waals surface area contributed by atoms with Gasteiger partial charge in [0.05, 0.1) is 0 Å². The molecular weight excluding hydrogens is 289 g/mol. The minimum atomic E-state index is -0.0520. The summed E-state index contributed by atoms with van der Waals surface area (Å²) >= 11 is 9.20. The standard InChI is InChI=1S/C12H13BrClNO/c13-10-5-9(6-11(14)7-10)12(16)15-4-3-8-1-2-8/h5-8H,1-4H2,(H,15,16). The fourth-order valence-corrected chi connectivity index (χ4v) is 2.44. The highest BCUT2D eigenvalue weighted by atomic mass is 79.9. The molecular formula is C12H13BrClNO. The summed E-state index contributed by atoms with van der Waals surface area (Å²) < 4.78 is 0.826. The number of rotatable bonds is 4. The molecule has 0 saturated heterocycles. The van der Waals surface area contributed by atoms with Crippen molar-refractivity contribution in [3.05, 3.63) is 33.3 Å². The second kappa shape index (κ2) is 5.19. The number of nitrogens with one attached hydrogen (secondary N) is 1. The monoisotopic (exact) mass is 301 g/mol. The van der Waals surface area contributed by atoms with Crippen LogP contribution in [-0.2, 0) is 0 Å². The molecule has 0 heterocycles. The summed E-state index contributed by atoms with van der Waals surface area (Å²) in [5.74, 6) is 0.787. The van der Waals surface area contributed by atoms with Gasteiger partial charge in [-0.1, -0.05) is 40.4 Å². The van der Waals surface area contributed by atoms with E-state index in [1.807, 2.05) is 0 Å². The van der Waals surface area contributed by atoms with E-state index in [-0.39, 0.29) is 5.91 Å². The van der Waals surface area contributed by atoms with E-state index in [0.717, 1.165) is 23.4 Å². The first-order chi connectivity index (χ1) is 7.65. The van der Waals surface area contributed by atoms with Crippen molar-refractivity contribution in [3.8, 4) is 0 Å². The number of amides is 1. The maximum atomic E-state index is 11.8. The molecule has 1 N–H and O–H groups in total. The van der Waals surface area contributed by atoms with Gasteiger partial charge in [0.15, 0.2) is 0 Å². The van der Waals surface area contributed by atoms with Gasteiger partial charge in [-0.2, -0.15) is 0 Å². The Hall–Kier alpha value is -0.540. The lowest BCUT2D eigenvalue weighted by Gasteiger charge is -2.05. The molecule has 0 spiro atoms. The van der Waals surface area contributed by atoms with Crippen molar-refractivity contribution in [1.29, 1.82) is 0 Å². The van der Waals surface area contributed by atoms with Crippen molar-refractivity contribution >= 4 is 33.4 Å². The fraction of sp³-hybridized carbons (Fsp3) is 0.417. The Morgan fingerprint density at radius 1 is 1.44 bits per heavy atom. The zero-order valence-electron chi connectivity index (χ0n) is 8.80. The SMILES string of the molecule is O=C(NCCC1CC1)c1cc(Cl)cc(Br)c1. The molecule has 0 bridgehead atoms. The molecule has 2 rings (SSSR count). The third-order valence-electron chi connectivity index (χ3n) is 2.66. The Labute approximate surface area is 108 Å². The molecule has 0 aromatic heterocycles. The Balaban J connectivity index is 1.91. The summed E-state index contributed by atoms with van der Waals surface area (Å²) in [6.45, 7) is 0.758. The van der Waals surface area contributed by atoms with Crippen molar-refractivity contribution in [2.24, 2.45) is 5.92 Å². The summed E-state index contributed by atoms with van der Waals surface area (Å²) in [6.07, 6.45) is 3.73. The molecule has 1 saturated carbocycles. The van der Waals surface area contributed by atoms with Gasteiger partial charge >= 0.3 is 0 Å². The van der Waals surface area contributed by atoms with Gasteiger partial charge in [-0.15, -0.1) is 0 Å². The van der Waals surface area contributed by atoms with Gasteiger partial charge in [-0.25, -0.2) is 0 Å². The van der Waals surface area contributed by atoms with Gasteiger partial charge in [0, 0.05) is 21.6 Å². The predicted molar refractivity (Wildman–Crippen MR) is 68.8 cm³/mol. The minimum Gasteiger partial charge on any atom is -0.352 e. The van der Waals surface area contributed by atoms with Crippen LogP contribution in [0.5, 0.6) is 0 Å². The predicted octanol–water partition coefficient (Wildman–Crippen LogP) is 3.63. The fourth-order valence-electron chi connectivity index (χ4n) is 1.58. The lowest BCUT2D eigenvalue weighted by molar-refractivity contribution is 0.0952. The lowest BCUT2D eigenvalue weighted by Crippen LogP contribution is -2.24. The highest BCUT2D eigenvalue weighted by molar-refractivity contribution is 9.10. The van der Waals surface area contributed by atoms with Gasteiger partial charge < -0.3 is 5.32 Å². The van der Waals surface area contributed by atoms with E-state index in [4.69, 9.17) is 11.6 Å². The number of hydrogen-bond donors (Lipinski definition) is 1. The Bertz CT molecular complexity index is 384. The topological polar surface area (TPSA) is 29.1 Å². The Morgan fingerprint density at radius 2 is 2.19 bits per heavy atom. The van der Waals surface area contributed by atoms with Gasteiger partial charge in [0.1, 0.15) is 0 Å². The zero-order chi connectivity index (χ0) is 11.5. The van der Waals surface area contributed by atoms with Crippen molar-refractivity contribution in [2.75, 3.05) is 6.54 Å². The van der Waals surface area contributed by atoms with Gasteiger partial charge in [0.2, 0.25) is 0 Å². The molecule has 16 heavy (non-hydrogen) atoms. The summed E-state index contributed by atoms with van der Waals surface area (Å²) in [4.78, 5) is 11.8. The van der Waals surface area contributed by atoms with Crippen molar-refractivity contribution in [1.82, 2.24) is 5.32 Å². The molecule has 2 nitrogen and oxygen atoms in total. The summed E-state index contributed by atoms with van der Waals surface area (Å²) in [6, 6.07) is 5.22. The van der Waals surface area contributed by atoms with Gasteiger partial charge in [0.25, 0.3) is 5.91 Å². The summed E-state index contributed by atoms with van der Waals surface area (Å²) in [7, 11) is 0. The minimum absolute atomic E-state index is 0.0520. The molecule has 4 heteroatoms. The Kier molecular flexibility index (Phi) is 3.87. The van der Waals surface area contributed by atoms with E-state index in [0.29, 0.717) is 10.6 Å². The lowest BCUT2D eigenvalue weighted by atomic mass is 10.2. The molecule has 1 aromatic rings. The van der Waals surface area contributed by atoms with Crippen LogP contribution in [0, 0.1) is 5.92 Å². The first-order valence-electron chi connectivity index (χ1n) is 5.39. The first kappa shape index (κ1) is 11.9. The van der Waals surface area contributed by atoms with Crippen LogP contribution in [0.2, 0.25) is 5.02 Å². The molecule has 1 aliphatic carbocycles. The van der Waals surface area contributed by atoms with E-state index >= 15 is 0 Å². The number of benzene rings is 1. The third kappa shape index (κ3) is 3.49. The molecule has 1 aliphatic rings. The number of carbonyl (C=O) groups excluding carboxylic acids is 1. The van der Waals surface area contributed by atoms with Crippen molar-refractivity contribution in [3.63, 3.8) is 0 Å². The average Bonchev–Trinajstić information content (AvgIpc) is 3.00. The third-order valence-corrected chi connectivity index (χ3v) is 3.34. The van der Waals surface area contributed by atoms with E-state index < -0.39 is 0 Å². The van der Waals surface area contributed by atoms with Crippen LogP contribution in [0.4, 0.5) is 0 Å². The van der Waals surface area contributed by atoms with Crippen molar-refractivity contribution in [2.45, 2.75) is 19.3 Å². The molecule has 0 unspecified atom stereocenters. The smallest absolute Gasteiger partial charge is 0.251 e. The van der Waals surface area contributed by atoms with E-state index in [9.17, 15) is 4.79 Å². The maximum absolute atomic E-state index is 11.8. The van der Waals surface area contributed by atoms with Crippen LogP contribution in [0.1, 0.15) is 29.6 Å². The van der Waals surface area contributed by atoms with Crippen LogP contribution in [-0.4, -0.2) is 12.5 Å². The summed E-state index contributed by atoms with van der Waals surface area (Å²) in [5, 5.41) is 3.48. The molecule has 86 valence electrons. The van der Waals surface area contributed by atoms with Crippen LogP contribution in [0.15, 0.2) is 22.7 Å². The van der Waals surface area contributed by atoms with Crippen LogP contribution in [0.3, 0.4) is 0 Å². The highest BCUT2D eigenvalue weighted by Gasteiger charge is 2.20. The molecule has 0 aliphatic heterocycles. The number of halogens is 2. The molecule has 0 radical (unpaired) electrons. The zero-order valence-corrected chi connectivity index (χ0v) is 11.1. The normalized spacial score (nSPS) is 14.9. The Morgan fingerprint density at radius 3 is 2.81 bits per heavy atom. The summed E-state index contributed by atoms with van der Waals surface area (Å²) in [5.41, 5.74) is 0.607. The van der Waals surface area contributed by atoms with E-state index in [2.05, 4.69) is 21.2 Å². The van der Waals surface area contributed by atoms with Crippen LogP contribution >= 0.6 is 27.5 Å². The van der Waals surface area contributed by atoms with E-state index in [1.54, 1.807) is 18.2 Å². The quantitative estimate of drug-likeness (QED) is 0.904. The molecule has 0 atom stereocenters. The number of hydrogen-bond acceptors (Lipinski definition) is 1. The average molecular weight is 303 g/mol. The first-order valence-corrected chi connectivity index (χ1v) is 6.56. The van der Waals surface area contributed by atoms with Crippen LogP contribution in [0.25, 0.3) is 0 Å². The molecule has 1 fully saturated rings. The molecule has 1 amide bonds. The largest absolute Gasteiger partial charge is 0.352 e. The second-order valence-corrected chi connectivity index (χ2v) is 5.50. The van der Waals surface area contributed by atoms with Gasteiger partial charge in [-0.3, -0.25) is 4.79 Å². The van der Waals surface area contributed by atoms with Crippen molar-refractivity contribution < 1.29 is 4.79 Å². The van der Waals surface area contributed by atoms with Gasteiger partial charge in [-0.05, 0) is 30.5 Å². The van der Waals surface area contributed by atoms with Crippen LogP contribution < -0.4 is 5.32 Å². The molecule has 1 aromatic carbocycles. The van der Waals surface area contributed by atoms with E-state index in [1.165, 1.54) is 12.8 Å². The second-order valence-electron chi connectivity index (χ2n) is 4.15. The maximum Gasteiger partial charge on any atom is 0.251 e. The highest BCUT2D eigenvalue weighted by Crippen LogP contribution is 2.31. The number of carbonyl (C=O) groups is 1.